The molecule has 1 aliphatic heterocycles. The average Bonchev–Trinajstić information content (AvgIpc) is 2.39. The molecule has 14 heavy (non-hydrogen) atoms. The van der Waals surface area contributed by atoms with E-state index in [0.29, 0.717) is 12.8 Å². The molecule has 0 aromatic rings. The standard InChI is InChI=1S/C10H10O4/c1-3-4-5-7-8(9(11)12)6(2)10(13)14-7/h1,7-8H,2,4-5H2,(H,11,12). The van der Waals surface area contributed by atoms with E-state index in [4.69, 9.17) is 16.3 Å². The maximum atomic E-state index is 11.0. The van der Waals surface area contributed by atoms with Crippen LogP contribution in [0, 0.1) is 18.3 Å². The van der Waals surface area contributed by atoms with Gasteiger partial charge in [-0.3, -0.25) is 4.79 Å². The summed E-state index contributed by atoms with van der Waals surface area (Å²) in [7, 11) is 0. The van der Waals surface area contributed by atoms with E-state index < -0.39 is 24.0 Å². The summed E-state index contributed by atoms with van der Waals surface area (Å²) in [6, 6.07) is 0. The van der Waals surface area contributed by atoms with Gasteiger partial charge in [0.15, 0.2) is 0 Å². The highest BCUT2D eigenvalue weighted by atomic mass is 16.6. The van der Waals surface area contributed by atoms with Crippen LogP contribution in [-0.2, 0) is 14.3 Å². The van der Waals surface area contributed by atoms with E-state index in [1.165, 1.54) is 0 Å². The largest absolute Gasteiger partial charge is 0.481 e. The molecule has 1 heterocycles. The zero-order chi connectivity index (χ0) is 10.7. The molecule has 0 saturated carbocycles. The van der Waals surface area contributed by atoms with Crippen LogP contribution in [0.2, 0.25) is 0 Å². The van der Waals surface area contributed by atoms with Crippen molar-refractivity contribution in [3.05, 3.63) is 12.2 Å². The SMILES string of the molecule is C#CCCC1OC(=O)C(=C)C1C(=O)O. The van der Waals surface area contributed by atoms with Gasteiger partial charge >= 0.3 is 11.9 Å². The van der Waals surface area contributed by atoms with Gasteiger partial charge in [-0.15, -0.1) is 12.3 Å². The second kappa shape index (κ2) is 3.97. The van der Waals surface area contributed by atoms with Crippen LogP contribution in [0.15, 0.2) is 12.2 Å². The Labute approximate surface area is 81.6 Å². The van der Waals surface area contributed by atoms with Gasteiger partial charge in [-0.1, -0.05) is 6.58 Å². The van der Waals surface area contributed by atoms with E-state index in [2.05, 4.69) is 12.5 Å². The molecule has 4 heteroatoms. The van der Waals surface area contributed by atoms with Crippen LogP contribution < -0.4 is 0 Å². The predicted octanol–water partition coefficient (Wildman–Crippen LogP) is 0.582. The fraction of sp³-hybridized carbons (Fsp3) is 0.400. The highest BCUT2D eigenvalue weighted by molar-refractivity contribution is 5.97. The molecule has 0 amide bonds. The summed E-state index contributed by atoms with van der Waals surface area (Å²) >= 11 is 0. The molecule has 0 aliphatic carbocycles. The maximum absolute atomic E-state index is 11.0. The van der Waals surface area contributed by atoms with Crippen LogP contribution in [0.25, 0.3) is 0 Å². The Morgan fingerprint density at radius 1 is 1.71 bits per heavy atom. The molecule has 1 N–H and O–H groups in total. The van der Waals surface area contributed by atoms with Crippen molar-refractivity contribution < 1.29 is 19.4 Å². The molecule has 0 radical (unpaired) electrons. The number of carbonyl (C=O) groups is 2. The summed E-state index contributed by atoms with van der Waals surface area (Å²) in [6.45, 7) is 3.39. The van der Waals surface area contributed by atoms with Gasteiger partial charge in [0.25, 0.3) is 0 Å². The van der Waals surface area contributed by atoms with E-state index >= 15 is 0 Å². The highest BCUT2D eigenvalue weighted by Crippen LogP contribution is 2.29. The number of carboxylic acid groups (broad SMARTS) is 1. The predicted molar refractivity (Wildman–Crippen MR) is 48.2 cm³/mol. The topological polar surface area (TPSA) is 63.6 Å². The van der Waals surface area contributed by atoms with Crippen molar-refractivity contribution in [3.8, 4) is 12.3 Å². The van der Waals surface area contributed by atoms with Crippen molar-refractivity contribution >= 4 is 11.9 Å². The number of aliphatic carboxylic acids is 1. The molecular weight excluding hydrogens is 184 g/mol. The first-order valence-corrected chi connectivity index (χ1v) is 4.14. The summed E-state index contributed by atoms with van der Waals surface area (Å²) < 4.78 is 4.83. The zero-order valence-electron chi connectivity index (χ0n) is 7.53. The fourth-order valence-corrected chi connectivity index (χ4v) is 1.39. The van der Waals surface area contributed by atoms with Gasteiger partial charge in [-0.05, 0) is 6.42 Å². The van der Waals surface area contributed by atoms with Gasteiger partial charge in [-0.25, -0.2) is 4.79 Å². The number of hydrogen-bond donors (Lipinski definition) is 1. The molecule has 4 nitrogen and oxygen atoms in total. The van der Waals surface area contributed by atoms with Gasteiger partial charge in [-0.2, -0.15) is 0 Å². The molecule has 2 unspecified atom stereocenters. The number of rotatable bonds is 3. The number of carboxylic acids is 1. The van der Waals surface area contributed by atoms with Gasteiger partial charge < -0.3 is 9.84 Å². The van der Waals surface area contributed by atoms with Crippen molar-refractivity contribution in [2.45, 2.75) is 18.9 Å². The zero-order valence-corrected chi connectivity index (χ0v) is 7.53. The smallest absolute Gasteiger partial charge is 0.334 e. The minimum Gasteiger partial charge on any atom is -0.481 e. The van der Waals surface area contributed by atoms with Crippen LogP contribution in [0.5, 0.6) is 0 Å². The van der Waals surface area contributed by atoms with E-state index in [1.807, 2.05) is 0 Å². The van der Waals surface area contributed by atoms with Crippen LogP contribution in [0.4, 0.5) is 0 Å². The summed E-state index contributed by atoms with van der Waals surface area (Å²) in [6.07, 6.45) is 5.12. The Bertz CT molecular complexity index is 324. The average molecular weight is 194 g/mol. The van der Waals surface area contributed by atoms with Gasteiger partial charge in [0.05, 0.1) is 0 Å². The van der Waals surface area contributed by atoms with Crippen molar-refractivity contribution in [1.29, 1.82) is 0 Å². The molecule has 74 valence electrons. The Hall–Kier alpha value is -1.76. The molecule has 0 spiro atoms. The Morgan fingerprint density at radius 2 is 2.36 bits per heavy atom. The quantitative estimate of drug-likeness (QED) is 0.405. The van der Waals surface area contributed by atoms with Crippen molar-refractivity contribution in [2.24, 2.45) is 5.92 Å². The number of hydrogen-bond acceptors (Lipinski definition) is 3. The van der Waals surface area contributed by atoms with Crippen LogP contribution in [-0.4, -0.2) is 23.1 Å². The van der Waals surface area contributed by atoms with Gasteiger partial charge in [0.1, 0.15) is 12.0 Å². The number of ether oxygens (including phenoxy) is 1. The molecule has 0 aromatic carbocycles. The summed E-state index contributed by atoms with van der Waals surface area (Å²) in [5.74, 6) is -0.312. The van der Waals surface area contributed by atoms with Gasteiger partial charge in [0, 0.05) is 12.0 Å². The van der Waals surface area contributed by atoms with Gasteiger partial charge in [0.2, 0.25) is 0 Å². The molecular formula is C10H10O4. The van der Waals surface area contributed by atoms with Crippen molar-refractivity contribution in [3.63, 3.8) is 0 Å². The Kier molecular flexibility index (Phi) is 2.92. The monoisotopic (exact) mass is 194 g/mol. The third-order valence-corrected chi connectivity index (χ3v) is 2.11. The first kappa shape index (κ1) is 10.3. The summed E-state index contributed by atoms with van der Waals surface area (Å²) in [5.41, 5.74) is -0.000443. The van der Waals surface area contributed by atoms with E-state index in [-0.39, 0.29) is 5.57 Å². The van der Waals surface area contributed by atoms with E-state index in [9.17, 15) is 9.59 Å². The van der Waals surface area contributed by atoms with E-state index in [0.717, 1.165) is 0 Å². The Balaban J connectivity index is 2.76. The molecule has 0 aromatic heterocycles. The van der Waals surface area contributed by atoms with Crippen molar-refractivity contribution in [1.82, 2.24) is 0 Å². The van der Waals surface area contributed by atoms with Crippen LogP contribution in [0.3, 0.4) is 0 Å². The second-order valence-electron chi connectivity index (χ2n) is 3.03. The first-order chi connectivity index (χ1) is 6.57. The number of cyclic esters (lactones) is 1. The fourth-order valence-electron chi connectivity index (χ4n) is 1.39. The lowest BCUT2D eigenvalue weighted by atomic mass is 9.94. The minimum absolute atomic E-state index is 0.000443. The number of terminal acetylenes is 1. The van der Waals surface area contributed by atoms with Crippen LogP contribution >= 0.6 is 0 Å². The lowest BCUT2D eigenvalue weighted by Gasteiger charge is -2.11. The first-order valence-electron chi connectivity index (χ1n) is 4.14. The lowest BCUT2D eigenvalue weighted by molar-refractivity contribution is -0.144. The molecule has 1 saturated heterocycles. The molecule has 1 fully saturated rings. The lowest BCUT2D eigenvalue weighted by Crippen LogP contribution is -2.24. The Morgan fingerprint density at radius 3 is 2.86 bits per heavy atom. The molecule has 0 bridgehead atoms. The van der Waals surface area contributed by atoms with E-state index in [1.54, 1.807) is 0 Å². The molecule has 1 aliphatic rings. The third-order valence-electron chi connectivity index (χ3n) is 2.11. The van der Waals surface area contributed by atoms with Crippen molar-refractivity contribution in [2.75, 3.05) is 0 Å². The second-order valence-corrected chi connectivity index (χ2v) is 3.03. The van der Waals surface area contributed by atoms with Crippen LogP contribution in [0.1, 0.15) is 12.8 Å². The summed E-state index contributed by atoms with van der Waals surface area (Å²) in [4.78, 5) is 21.8. The molecule has 1 rings (SSSR count). The minimum atomic E-state index is -1.09. The third kappa shape index (κ3) is 1.77. The maximum Gasteiger partial charge on any atom is 0.334 e. The number of esters is 1. The highest BCUT2D eigenvalue weighted by Gasteiger charge is 2.42. The summed E-state index contributed by atoms with van der Waals surface area (Å²) in [5, 5.41) is 8.83. The normalized spacial score (nSPS) is 25.6. The number of carbonyl (C=O) groups excluding carboxylic acids is 1. The molecule has 2 atom stereocenters.